The molecule has 0 saturated carbocycles. The van der Waals surface area contributed by atoms with Crippen molar-refractivity contribution < 1.29 is 4.79 Å². The molecule has 2 atom stereocenters. The molecule has 1 aliphatic heterocycles. The van der Waals surface area contributed by atoms with Crippen molar-refractivity contribution in [2.75, 3.05) is 11.9 Å². The molecule has 34 heavy (non-hydrogen) atoms. The highest BCUT2D eigenvalue weighted by Gasteiger charge is 2.28. The average Bonchev–Trinajstić information content (AvgIpc) is 3.27. The van der Waals surface area contributed by atoms with Crippen LogP contribution in [0.25, 0.3) is 21.9 Å². The third-order valence-corrected chi connectivity index (χ3v) is 7.09. The predicted octanol–water partition coefficient (Wildman–Crippen LogP) is 6.39. The maximum atomic E-state index is 13.4. The highest BCUT2D eigenvalue weighted by Crippen LogP contribution is 2.31. The monoisotopic (exact) mass is 496 g/mol. The van der Waals surface area contributed by atoms with Gasteiger partial charge in [-0.1, -0.05) is 30.1 Å². The van der Waals surface area contributed by atoms with Crippen molar-refractivity contribution in [2.24, 2.45) is 0 Å². The second-order valence-electron chi connectivity index (χ2n) is 8.78. The number of benzene rings is 2. The number of rotatable bonds is 5. The predicted molar refractivity (Wildman–Crippen MR) is 137 cm³/mol. The van der Waals surface area contributed by atoms with E-state index in [2.05, 4.69) is 32.2 Å². The van der Waals surface area contributed by atoms with Crippen LogP contribution in [0.1, 0.15) is 61.8 Å². The van der Waals surface area contributed by atoms with E-state index < -0.39 is 0 Å². The van der Waals surface area contributed by atoms with Gasteiger partial charge in [0.1, 0.15) is 18.0 Å². The number of H-pyrrole nitrogens is 1. The molecule has 1 saturated heterocycles. The summed E-state index contributed by atoms with van der Waals surface area (Å²) in [4.78, 5) is 32.1. The normalized spacial score (nSPS) is 17.3. The molecule has 2 N–H and O–H groups in total. The molecule has 5 rings (SSSR count). The van der Waals surface area contributed by atoms with E-state index >= 15 is 0 Å². The van der Waals surface area contributed by atoms with Crippen LogP contribution in [0.15, 0.2) is 36.7 Å². The van der Waals surface area contributed by atoms with E-state index in [1.807, 2.05) is 30.0 Å². The van der Waals surface area contributed by atoms with Gasteiger partial charge in [0.2, 0.25) is 0 Å². The summed E-state index contributed by atoms with van der Waals surface area (Å²) in [6.45, 7) is 4.89. The summed E-state index contributed by atoms with van der Waals surface area (Å²) in [6, 6.07) is 9.22. The highest BCUT2D eigenvalue weighted by molar-refractivity contribution is 6.35. The maximum Gasteiger partial charge on any atom is 0.255 e. The molecule has 1 aliphatic rings. The fourth-order valence-corrected chi connectivity index (χ4v) is 5.09. The molecule has 9 heteroatoms. The van der Waals surface area contributed by atoms with Gasteiger partial charge < -0.3 is 15.2 Å². The van der Waals surface area contributed by atoms with Crippen LogP contribution >= 0.6 is 23.2 Å². The highest BCUT2D eigenvalue weighted by atomic mass is 35.5. The molecule has 2 aromatic carbocycles. The number of anilines is 1. The van der Waals surface area contributed by atoms with E-state index in [9.17, 15) is 4.79 Å². The van der Waals surface area contributed by atoms with Crippen molar-refractivity contribution in [1.29, 1.82) is 0 Å². The Balaban J connectivity index is 1.44. The third kappa shape index (κ3) is 4.30. The fraction of sp³-hybridized carbons (Fsp3) is 0.360. The zero-order valence-corrected chi connectivity index (χ0v) is 20.6. The van der Waals surface area contributed by atoms with Gasteiger partial charge in [-0.15, -0.1) is 0 Å². The van der Waals surface area contributed by atoms with Crippen LogP contribution in [0.2, 0.25) is 10.0 Å². The molecule has 1 fully saturated rings. The summed E-state index contributed by atoms with van der Waals surface area (Å²) in [5, 5.41) is 5.20. The first-order chi connectivity index (χ1) is 16.4. The molecule has 176 valence electrons. The Labute approximate surface area is 207 Å². The first kappa shape index (κ1) is 22.9. The van der Waals surface area contributed by atoms with Gasteiger partial charge in [0.15, 0.2) is 0 Å². The molecule has 4 aromatic rings. The van der Waals surface area contributed by atoms with Crippen LogP contribution in [0.5, 0.6) is 0 Å². The van der Waals surface area contributed by atoms with Crippen LogP contribution in [-0.2, 0) is 0 Å². The van der Waals surface area contributed by atoms with Gasteiger partial charge in [-0.3, -0.25) is 4.79 Å². The minimum Gasteiger partial charge on any atom is -0.360 e. The Morgan fingerprint density at radius 3 is 2.88 bits per heavy atom. The second kappa shape index (κ2) is 9.39. The van der Waals surface area contributed by atoms with Gasteiger partial charge in [-0.2, -0.15) is 0 Å². The van der Waals surface area contributed by atoms with Gasteiger partial charge in [0.05, 0.1) is 33.2 Å². The number of fused-ring (bicyclic) bond motifs is 2. The zero-order valence-electron chi connectivity index (χ0n) is 19.1. The first-order valence-corrected chi connectivity index (χ1v) is 12.4. The minimum absolute atomic E-state index is 0.0270. The second-order valence-corrected chi connectivity index (χ2v) is 9.62. The molecule has 0 aliphatic carbocycles. The molecule has 0 unspecified atom stereocenters. The number of aromatic nitrogens is 4. The molecule has 0 radical (unpaired) electrons. The molecule has 0 bridgehead atoms. The third-order valence-electron chi connectivity index (χ3n) is 6.54. The number of carbonyl (C=O) groups excluding carboxylic acids is 1. The Morgan fingerprint density at radius 1 is 1.21 bits per heavy atom. The van der Waals surface area contributed by atoms with Crippen molar-refractivity contribution >= 4 is 56.9 Å². The lowest BCUT2D eigenvalue weighted by Crippen LogP contribution is -2.43. The quantitative estimate of drug-likeness (QED) is 0.334. The SMILES string of the molecule is CC[C@H]1CCCCN1C(=O)c1cc2ncnc(N[C@@H](C)c3nc4cc(Cl)ccc4[nH]3)c2cc1Cl. The Bertz CT molecular complexity index is 1370. The number of carbonyl (C=O) groups is 1. The summed E-state index contributed by atoms with van der Waals surface area (Å²) in [5.41, 5.74) is 2.87. The van der Waals surface area contributed by atoms with Gasteiger partial charge in [0, 0.05) is 23.0 Å². The van der Waals surface area contributed by atoms with Crippen LogP contribution in [0, 0.1) is 0 Å². The van der Waals surface area contributed by atoms with Crippen LogP contribution < -0.4 is 5.32 Å². The largest absolute Gasteiger partial charge is 0.360 e. The van der Waals surface area contributed by atoms with E-state index in [1.54, 1.807) is 12.1 Å². The van der Waals surface area contributed by atoms with E-state index in [0.29, 0.717) is 26.9 Å². The first-order valence-electron chi connectivity index (χ1n) is 11.6. The summed E-state index contributed by atoms with van der Waals surface area (Å²) in [7, 11) is 0. The van der Waals surface area contributed by atoms with Crippen LogP contribution in [-0.4, -0.2) is 43.3 Å². The summed E-state index contributed by atoms with van der Waals surface area (Å²) in [6.07, 6.45) is 5.66. The fourth-order valence-electron chi connectivity index (χ4n) is 4.68. The van der Waals surface area contributed by atoms with E-state index in [0.717, 1.165) is 54.5 Å². The topological polar surface area (TPSA) is 86.8 Å². The number of aromatic amines is 1. The van der Waals surface area contributed by atoms with Gasteiger partial charge in [-0.05, 0) is 62.9 Å². The molecule has 3 heterocycles. The van der Waals surface area contributed by atoms with Crippen molar-refractivity contribution in [3.63, 3.8) is 0 Å². The molecule has 1 amide bonds. The number of amides is 1. The van der Waals surface area contributed by atoms with Crippen molar-refractivity contribution in [3.8, 4) is 0 Å². The Hall–Kier alpha value is -2.90. The van der Waals surface area contributed by atoms with Crippen molar-refractivity contribution in [2.45, 2.75) is 51.6 Å². The summed E-state index contributed by atoms with van der Waals surface area (Å²) < 4.78 is 0. The Kier molecular flexibility index (Phi) is 6.32. The van der Waals surface area contributed by atoms with E-state index in [4.69, 9.17) is 23.2 Å². The van der Waals surface area contributed by atoms with Crippen molar-refractivity contribution in [1.82, 2.24) is 24.8 Å². The zero-order chi connectivity index (χ0) is 23.8. The standard InChI is InChI=1S/C25H26Cl2N6O/c1-3-16-6-4-5-9-33(16)25(34)17-12-21-18(11-19(17)27)24(29-13-28-21)30-14(2)23-31-20-8-7-15(26)10-22(20)32-23/h7-8,10-14,16H,3-6,9H2,1-2H3,(H,31,32)(H,28,29,30)/t14-,16-/m0/s1. The summed E-state index contributed by atoms with van der Waals surface area (Å²) in [5.74, 6) is 1.36. The number of hydrogen-bond acceptors (Lipinski definition) is 5. The number of halogens is 2. The van der Waals surface area contributed by atoms with Gasteiger partial charge in [-0.25, -0.2) is 15.0 Å². The number of nitrogens with one attached hydrogen (secondary N) is 2. The lowest BCUT2D eigenvalue weighted by Gasteiger charge is -2.35. The Morgan fingerprint density at radius 2 is 2.06 bits per heavy atom. The number of piperidine rings is 1. The maximum absolute atomic E-state index is 13.4. The van der Waals surface area contributed by atoms with Gasteiger partial charge in [0.25, 0.3) is 5.91 Å². The molecule has 2 aromatic heterocycles. The molecule has 7 nitrogen and oxygen atoms in total. The number of hydrogen-bond donors (Lipinski definition) is 2. The smallest absolute Gasteiger partial charge is 0.255 e. The van der Waals surface area contributed by atoms with Gasteiger partial charge >= 0.3 is 0 Å². The van der Waals surface area contributed by atoms with Crippen LogP contribution in [0.4, 0.5) is 5.82 Å². The number of imidazole rings is 1. The average molecular weight is 497 g/mol. The van der Waals surface area contributed by atoms with E-state index in [1.165, 1.54) is 6.33 Å². The molecular formula is C25H26Cl2N6O. The lowest BCUT2D eigenvalue weighted by molar-refractivity contribution is 0.0608. The minimum atomic E-state index is -0.164. The number of likely N-dealkylation sites (tertiary alicyclic amines) is 1. The van der Waals surface area contributed by atoms with Crippen molar-refractivity contribution in [3.05, 3.63) is 58.1 Å². The molecule has 0 spiro atoms. The lowest BCUT2D eigenvalue weighted by atomic mass is 9.98. The number of nitrogens with zero attached hydrogens (tertiary/aromatic N) is 4. The van der Waals surface area contributed by atoms with Crippen LogP contribution in [0.3, 0.4) is 0 Å². The van der Waals surface area contributed by atoms with E-state index in [-0.39, 0.29) is 18.0 Å². The molecular weight excluding hydrogens is 471 g/mol. The summed E-state index contributed by atoms with van der Waals surface area (Å²) >= 11 is 12.7.